The van der Waals surface area contributed by atoms with Crippen LogP contribution in [0.4, 0.5) is 11.4 Å². The first-order valence-corrected chi connectivity index (χ1v) is 12.1. The van der Waals surface area contributed by atoms with Gasteiger partial charge in [0.05, 0.1) is 17.2 Å². The molecule has 0 aromatic heterocycles. The van der Waals surface area contributed by atoms with Gasteiger partial charge in [-0.05, 0) is 67.8 Å². The minimum Gasteiger partial charge on any atom is -0.494 e. The number of carbonyl (C=O) groups excluding carboxylic acids is 1. The van der Waals surface area contributed by atoms with E-state index in [9.17, 15) is 13.2 Å². The molecule has 7 heteroatoms. The van der Waals surface area contributed by atoms with Crippen molar-refractivity contribution in [3.63, 3.8) is 0 Å². The normalized spacial score (nSPS) is 13.3. The highest BCUT2D eigenvalue weighted by atomic mass is 32.2. The van der Waals surface area contributed by atoms with Crippen molar-refractivity contribution < 1.29 is 17.9 Å². The van der Waals surface area contributed by atoms with Crippen LogP contribution >= 0.6 is 0 Å². The van der Waals surface area contributed by atoms with Crippen LogP contribution in [0.25, 0.3) is 0 Å². The fourth-order valence-electron chi connectivity index (χ4n) is 3.91. The lowest BCUT2D eigenvalue weighted by molar-refractivity contribution is -0.117. The number of nitrogens with zero attached hydrogens (tertiary/aromatic N) is 2. The third-order valence-corrected chi connectivity index (χ3v) is 7.25. The van der Waals surface area contributed by atoms with Crippen LogP contribution < -0.4 is 13.9 Å². The van der Waals surface area contributed by atoms with E-state index in [2.05, 4.69) is 0 Å². The Morgan fingerprint density at radius 2 is 1.66 bits per heavy atom. The van der Waals surface area contributed by atoms with E-state index in [4.69, 9.17) is 4.74 Å². The molecule has 1 heterocycles. The smallest absolute Gasteiger partial charge is 0.264 e. The molecule has 32 heavy (non-hydrogen) atoms. The Bertz CT molecular complexity index is 1180. The van der Waals surface area contributed by atoms with Gasteiger partial charge in [-0.25, -0.2) is 8.42 Å². The summed E-state index contributed by atoms with van der Waals surface area (Å²) in [6, 6.07) is 22.8. The molecule has 3 aromatic rings. The first-order chi connectivity index (χ1) is 15.5. The van der Waals surface area contributed by atoms with Crippen molar-refractivity contribution >= 4 is 27.3 Å². The summed E-state index contributed by atoms with van der Waals surface area (Å²) in [6.45, 7) is 2.65. The minimum atomic E-state index is -3.97. The maximum Gasteiger partial charge on any atom is 0.264 e. The van der Waals surface area contributed by atoms with E-state index in [0.29, 0.717) is 24.6 Å². The number of anilines is 2. The molecule has 166 valence electrons. The van der Waals surface area contributed by atoms with Gasteiger partial charge in [-0.2, -0.15) is 0 Å². The van der Waals surface area contributed by atoms with Gasteiger partial charge in [-0.1, -0.05) is 36.4 Å². The summed E-state index contributed by atoms with van der Waals surface area (Å²) in [5.74, 6) is 0.342. The molecule has 0 aliphatic carbocycles. The highest BCUT2D eigenvalue weighted by Gasteiger charge is 2.30. The molecule has 0 fully saturated rings. The SMILES string of the molecule is CCOc1ccc(S(=O)(=O)N(CC(=O)N2CCCc3ccccc32)c2ccccc2)cc1. The van der Waals surface area contributed by atoms with E-state index in [-0.39, 0.29) is 17.3 Å². The number of rotatable bonds is 7. The van der Waals surface area contributed by atoms with Gasteiger partial charge in [-0.15, -0.1) is 0 Å². The second-order valence-corrected chi connectivity index (χ2v) is 9.39. The summed E-state index contributed by atoms with van der Waals surface area (Å²) < 4.78 is 33.8. The standard InChI is InChI=1S/C25H26N2O4S/c1-2-31-22-14-16-23(17-15-22)32(29,30)27(21-11-4-3-5-12-21)19-25(28)26-18-8-10-20-9-6-7-13-24(20)26/h3-7,9,11-17H,2,8,10,18-19H2,1H3. The monoisotopic (exact) mass is 450 g/mol. The molecule has 1 amide bonds. The number of benzene rings is 3. The van der Waals surface area contributed by atoms with Crippen molar-refractivity contribution in [2.24, 2.45) is 0 Å². The number of aryl methyl sites for hydroxylation is 1. The van der Waals surface area contributed by atoms with Gasteiger partial charge >= 0.3 is 0 Å². The van der Waals surface area contributed by atoms with Gasteiger partial charge in [0.25, 0.3) is 10.0 Å². The molecule has 6 nitrogen and oxygen atoms in total. The maximum atomic E-state index is 13.6. The molecule has 4 rings (SSSR count). The second-order valence-electron chi connectivity index (χ2n) is 7.53. The Kier molecular flexibility index (Phi) is 6.46. The second kappa shape index (κ2) is 9.44. The van der Waals surface area contributed by atoms with E-state index in [1.807, 2.05) is 37.3 Å². The Labute approximate surface area is 189 Å². The van der Waals surface area contributed by atoms with Crippen LogP contribution in [-0.2, 0) is 21.2 Å². The van der Waals surface area contributed by atoms with E-state index in [0.717, 1.165) is 24.1 Å². The summed E-state index contributed by atoms with van der Waals surface area (Å²) in [5, 5.41) is 0. The van der Waals surface area contributed by atoms with Gasteiger partial charge in [0.1, 0.15) is 12.3 Å². The number of hydrogen-bond acceptors (Lipinski definition) is 4. The predicted octanol–water partition coefficient (Wildman–Crippen LogP) is 4.26. The van der Waals surface area contributed by atoms with Gasteiger partial charge in [0.2, 0.25) is 5.91 Å². The fourth-order valence-corrected chi connectivity index (χ4v) is 5.33. The first kappa shape index (κ1) is 21.9. The van der Waals surface area contributed by atoms with Gasteiger partial charge in [0.15, 0.2) is 0 Å². The summed E-state index contributed by atoms with van der Waals surface area (Å²) in [6.07, 6.45) is 1.76. The summed E-state index contributed by atoms with van der Waals surface area (Å²) >= 11 is 0. The molecular weight excluding hydrogens is 424 g/mol. The summed E-state index contributed by atoms with van der Waals surface area (Å²) in [7, 11) is -3.97. The zero-order valence-corrected chi connectivity index (χ0v) is 18.8. The fraction of sp³-hybridized carbons (Fsp3) is 0.240. The quantitative estimate of drug-likeness (QED) is 0.539. The third kappa shape index (κ3) is 4.48. The molecule has 0 bridgehead atoms. The number of amides is 1. The lowest BCUT2D eigenvalue weighted by Gasteiger charge is -2.32. The molecule has 1 aliphatic heterocycles. The molecule has 0 saturated carbocycles. The molecule has 0 spiro atoms. The molecule has 0 N–H and O–H groups in total. The first-order valence-electron chi connectivity index (χ1n) is 10.7. The number of ether oxygens (including phenoxy) is 1. The largest absolute Gasteiger partial charge is 0.494 e. The van der Waals surface area contributed by atoms with Crippen LogP contribution in [0, 0.1) is 0 Å². The highest BCUT2D eigenvalue weighted by molar-refractivity contribution is 7.92. The topological polar surface area (TPSA) is 66.9 Å². The number of fused-ring (bicyclic) bond motifs is 1. The average molecular weight is 451 g/mol. The zero-order valence-electron chi connectivity index (χ0n) is 18.0. The van der Waals surface area contributed by atoms with Crippen LogP contribution in [0.3, 0.4) is 0 Å². The van der Waals surface area contributed by atoms with E-state index in [1.165, 1.54) is 16.4 Å². The van der Waals surface area contributed by atoms with Crippen LogP contribution in [0.15, 0.2) is 83.8 Å². The minimum absolute atomic E-state index is 0.108. The molecule has 0 atom stereocenters. The van der Waals surface area contributed by atoms with E-state index >= 15 is 0 Å². The number of para-hydroxylation sites is 2. The molecule has 1 aliphatic rings. The van der Waals surface area contributed by atoms with Gasteiger partial charge in [-0.3, -0.25) is 9.10 Å². The summed E-state index contributed by atoms with van der Waals surface area (Å²) in [4.78, 5) is 15.2. The molecule has 3 aromatic carbocycles. The Morgan fingerprint density at radius 3 is 2.38 bits per heavy atom. The Morgan fingerprint density at radius 1 is 0.969 bits per heavy atom. The van der Waals surface area contributed by atoms with Crippen molar-refractivity contribution in [2.75, 3.05) is 28.9 Å². The van der Waals surface area contributed by atoms with Crippen molar-refractivity contribution in [1.82, 2.24) is 0 Å². The molecule has 0 unspecified atom stereocenters. The molecular formula is C25H26N2O4S. The molecule has 0 radical (unpaired) electrons. The highest BCUT2D eigenvalue weighted by Crippen LogP contribution is 2.29. The third-order valence-electron chi connectivity index (χ3n) is 5.46. The van der Waals surface area contributed by atoms with Crippen LogP contribution in [0.1, 0.15) is 18.9 Å². The number of sulfonamides is 1. The maximum absolute atomic E-state index is 13.6. The number of hydrogen-bond donors (Lipinski definition) is 0. The lowest BCUT2D eigenvalue weighted by atomic mass is 10.0. The van der Waals surface area contributed by atoms with Crippen LogP contribution in [-0.4, -0.2) is 34.0 Å². The lowest BCUT2D eigenvalue weighted by Crippen LogP contribution is -2.45. The van der Waals surface area contributed by atoms with Gasteiger partial charge < -0.3 is 9.64 Å². The van der Waals surface area contributed by atoms with Crippen molar-refractivity contribution in [1.29, 1.82) is 0 Å². The summed E-state index contributed by atoms with van der Waals surface area (Å²) in [5.41, 5.74) is 2.41. The average Bonchev–Trinajstić information content (AvgIpc) is 2.83. The van der Waals surface area contributed by atoms with Crippen LogP contribution in [0.2, 0.25) is 0 Å². The zero-order chi connectivity index (χ0) is 22.6. The van der Waals surface area contributed by atoms with Crippen LogP contribution in [0.5, 0.6) is 5.75 Å². The van der Waals surface area contributed by atoms with Crippen molar-refractivity contribution in [3.05, 3.63) is 84.4 Å². The molecule has 0 saturated heterocycles. The van der Waals surface area contributed by atoms with E-state index in [1.54, 1.807) is 41.3 Å². The number of carbonyl (C=O) groups is 1. The van der Waals surface area contributed by atoms with E-state index < -0.39 is 10.0 Å². The Hall–Kier alpha value is -3.32. The van der Waals surface area contributed by atoms with Crippen molar-refractivity contribution in [2.45, 2.75) is 24.7 Å². The predicted molar refractivity (Wildman–Crippen MR) is 126 cm³/mol. The Balaban J connectivity index is 1.67. The van der Waals surface area contributed by atoms with Gasteiger partial charge in [0, 0.05) is 12.2 Å². The van der Waals surface area contributed by atoms with Crippen molar-refractivity contribution in [3.8, 4) is 5.75 Å².